The number of nitrogens with zero attached hydrogens (tertiary/aromatic N) is 3. The number of aliphatic imine (C=N–C) groups is 1. The Labute approximate surface area is 192 Å². The molecule has 0 radical (unpaired) electrons. The van der Waals surface area contributed by atoms with Crippen molar-refractivity contribution in [3.05, 3.63) is 58.5 Å². The van der Waals surface area contributed by atoms with E-state index >= 15 is 0 Å². The number of ether oxygens (including phenoxy) is 2. The first-order valence-corrected chi connectivity index (χ1v) is 11.1. The van der Waals surface area contributed by atoms with Crippen molar-refractivity contribution in [2.75, 3.05) is 39.3 Å². The van der Waals surface area contributed by atoms with Crippen LogP contribution in [0.3, 0.4) is 0 Å². The zero-order chi connectivity index (χ0) is 23.3. The number of methoxy groups -OCH3 is 2. The highest BCUT2D eigenvalue weighted by molar-refractivity contribution is 8.18. The van der Waals surface area contributed by atoms with Crippen LogP contribution in [-0.2, 0) is 9.53 Å². The Hall–Kier alpha value is -3.26. The maximum atomic E-state index is 12.8. The molecule has 7 nitrogen and oxygen atoms in total. The van der Waals surface area contributed by atoms with Gasteiger partial charge in [-0.25, -0.2) is 9.79 Å². The van der Waals surface area contributed by atoms with Gasteiger partial charge in [-0.2, -0.15) is 0 Å². The van der Waals surface area contributed by atoms with E-state index in [1.165, 1.54) is 23.8 Å². The Kier molecular flexibility index (Phi) is 7.58. The number of hydrogen-bond acceptors (Lipinski definition) is 7. The molecule has 0 saturated carbocycles. The van der Waals surface area contributed by atoms with Crippen molar-refractivity contribution in [1.29, 1.82) is 0 Å². The highest BCUT2D eigenvalue weighted by atomic mass is 32.2. The van der Waals surface area contributed by atoms with Gasteiger partial charge < -0.3 is 14.4 Å². The topological polar surface area (TPSA) is 71.4 Å². The fourth-order valence-corrected chi connectivity index (χ4v) is 4.28. The first-order chi connectivity index (χ1) is 15.4. The summed E-state index contributed by atoms with van der Waals surface area (Å²) in [5, 5.41) is 0.561. The molecule has 0 bridgehead atoms. The zero-order valence-electron chi connectivity index (χ0n) is 18.9. The van der Waals surface area contributed by atoms with E-state index in [4.69, 9.17) is 9.47 Å². The third kappa shape index (κ3) is 4.96. The van der Waals surface area contributed by atoms with Crippen molar-refractivity contribution >= 4 is 46.3 Å². The highest BCUT2D eigenvalue weighted by Gasteiger charge is 2.30. The van der Waals surface area contributed by atoms with E-state index in [-0.39, 0.29) is 5.91 Å². The molecule has 32 heavy (non-hydrogen) atoms. The van der Waals surface area contributed by atoms with Crippen molar-refractivity contribution in [1.82, 2.24) is 4.90 Å². The fourth-order valence-electron chi connectivity index (χ4n) is 3.30. The normalized spacial score (nSPS) is 16.0. The molecule has 2 aromatic carbocycles. The van der Waals surface area contributed by atoms with Gasteiger partial charge in [-0.05, 0) is 68.1 Å². The van der Waals surface area contributed by atoms with Crippen LogP contribution in [0.15, 0.2) is 52.4 Å². The van der Waals surface area contributed by atoms with Gasteiger partial charge in [-0.15, -0.1) is 0 Å². The van der Waals surface area contributed by atoms with Gasteiger partial charge in [0.15, 0.2) is 5.17 Å². The first kappa shape index (κ1) is 23.4. The summed E-state index contributed by atoms with van der Waals surface area (Å²) in [4.78, 5) is 33.3. The molecule has 0 aromatic heterocycles. The molecule has 0 atom stereocenters. The zero-order valence-corrected chi connectivity index (χ0v) is 19.7. The molecule has 1 amide bonds. The molecular weight excluding hydrogens is 426 g/mol. The van der Waals surface area contributed by atoms with Crippen molar-refractivity contribution < 1.29 is 19.1 Å². The third-order valence-corrected chi connectivity index (χ3v) is 6.21. The van der Waals surface area contributed by atoms with Crippen LogP contribution >= 0.6 is 11.8 Å². The molecule has 2 aromatic rings. The van der Waals surface area contributed by atoms with Crippen molar-refractivity contribution in [3.63, 3.8) is 0 Å². The van der Waals surface area contributed by atoms with Gasteiger partial charge >= 0.3 is 5.97 Å². The largest absolute Gasteiger partial charge is 0.496 e. The number of anilines is 1. The lowest BCUT2D eigenvalue weighted by molar-refractivity contribution is -0.121. The summed E-state index contributed by atoms with van der Waals surface area (Å²) >= 11 is 1.30. The number of carbonyl (C=O) groups is 2. The second-order valence-electron chi connectivity index (χ2n) is 7.01. The second-order valence-corrected chi connectivity index (χ2v) is 8.02. The van der Waals surface area contributed by atoms with Gasteiger partial charge in [0.05, 0.1) is 30.4 Å². The number of amidine groups is 1. The minimum absolute atomic E-state index is 0.130. The van der Waals surface area contributed by atoms with Gasteiger partial charge in [-0.3, -0.25) is 9.69 Å². The van der Waals surface area contributed by atoms with Crippen molar-refractivity contribution in [2.45, 2.75) is 13.8 Å². The molecule has 3 rings (SSSR count). The van der Waals surface area contributed by atoms with Crippen LogP contribution in [0, 0.1) is 0 Å². The maximum absolute atomic E-state index is 12.8. The summed E-state index contributed by atoms with van der Waals surface area (Å²) in [6.45, 7) is 6.03. The lowest BCUT2D eigenvalue weighted by atomic mass is 10.1. The van der Waals surface area contributed by atoms with Crippen LogP contribution in [0.4, 0.5) is 11.4 Å². The van der Waals surface area contributed by atoms with E-state index in [9.17, 15) is 9.59 Å². The van der Waals surface area contributed by atoms with Crippen LogP contribution in [0.1, 0.15) is 29.8 Å². The Balaban J connectivity index is 1.86. The molecule has 0 unspecified atom stereocenters. The first-order valence-electron chi connectivity index (χ1n) is 10.3. The van der Waals surface area contributed by atoms with E-state index in [1.807, 2.05) is 24.3 Å². The summed E-state index contributed by atoms with van der Waals surface area (Å²) in [7, 11) is 4.66. The smallest absolute Gasteiger partial charge is 0.337 e. The number of esters is 1. The maximum Gasteiger partial charge on any atom is 0.337 e. The molecule has 1 heterocycles. The third-order valence-electron chi connectivity index (χ3n) is 5.15. The predicted molar refractivity (Wildman–Crippen MR) is 130 cm³/mol. The predicted octanol–water partition coefficient (Wildman–Crippen LogP) is 4.56. The Bertz CT molecular complexity index is 1060. The van der Waals surface area contributed by atoms with E-state index in [0.29, 0.717) is 27.1 Å². The van der Waals surface area contributed by atoms with Crippen molar-refractivity contribution in [3.8, 4) is 5.75 Å². The van der Waals surface area contributed by atoms with Crippen LogP contribution in [-0.4, -0.2) is 56.3 Å². The molecule has 0 aliphatic carbocycles. The van der Waals surface area contributed by atoms with Gasteiger partial charge in [-0.1, -0.05) is 0 Å². The SMILES string of the molecule is CCN(CC)c1ccc(/C=C2/SC(=Nc3ccc(C(=O)OC)cc3)N(C)C2=O)c(OC)c1. The van der Waals surface area contributed by atoms with Crippen LogP contribution < -0.4 is 9.64 Å². The number of amides is 1. The molecule has 1 aliphatic rings. The molecule has 8 heteroatoms. The Morgan fingerprint density at radius 2 is 1.81 bits per heavy atom. The number of carbonyl (C=O) groups excluding carboxylic acids is 2. The second kappa shape index (κ2) is 10.4. The Morgan fingerprint density at radius 3 is 2.41 bits per heavy atom. The summed E-state index contributed by atoms with van der Waals surface area (Å²) in [6.07, 6.45) is 1.83. The average Bonchev–Trinajstić information content (AvgIpc) is 3.08. The molecule has 1 fully saturated rings. The minimum atomic E-state index is -0.405. The number of benzene rings is 2. The molecular formula is C24H27N3O4S. The summed E-state index contributed by atoms with van der Waals surface area (Å²) in [6, 6.07) is 12.7. The van der Waals surface area contributed by atoms with E-state index in [0.717, 1.165) is 24.3 Å². The van der Waals surface area contributed by atoms with Gasteiger partial charge in [0.2, 0.25) is 0 Å². The van der Waals surface area contributed by atoms with Gasteiger partial charge in [0.25, 0.3) is 5.91 Å². The van der Waals surface area contributed by atoms with E-state index in [1.54, 1.807) is 38.4 Å². The number of thioether (sulfide) groups is 1. The van der Waals surface area contributed by atoms with Crippen LogP contribution in [0.25, 0.3) is 6.08 Å². The van der Waals surface area contributed by atoms with Crippen LogP contribution in [0.2, 0.25) is 0 Å². The van der Waals surface area contributed by atoms with Gasteiger partial charge in [0, 0.05) is 37.5 Å². The molecule has 0 spiro atoms. The lowest BCUT2D eigenvalue weighted by Crippen LogP contribution is -2.23. The minimum Gasteiger partial charge on any atom is -0.496 e. The number of rotatable bonds is 7. The molecule has 1 aliphatic heterocycles. The summed E-state index contributed by atoms with van der Waals surface area (Å²) in [5.74, 6) is 0.175. The molecule has 168 valence electrons. The van der Waals surface area contributed by atoms with Crippen molar-refractivity contribution in [2.24, 2.45) is 4.99 Å². The van der Waals surface area contributed by atoms with Crippen LogP contribution in [0.5, 0.6) is 5.75 Å². The highest BCUT2D eigenvalue weighted by Crippen LogP contribution is 2.35. The standard InChI is InChI=1S/C24H27N3O4S/c1-6-27(7-2)19-13-10-17(20(15-19)30-4)14-21-22(28)26(3)24(32-21)25-18-11-8-16(9-12-18)23(29)31-5/h8-15H,6-7H2,1-5H3/b21-14+,25-24?. The molecule has 1 saturated heterocycles. The Morgan fingerprint density at radius 1 is 1.12 bits per heavy atom. The summed E-state index contributed by atoms with van der Waals surface area (Å²) in [5.41, 5.74) is 2.99. The average molecular weight is 454 g/mol. The quantitative estimate of drug-likeness (QED) is 0.452. The van der Waals surface area contributed by atoms with Gasteiger partial charge in [0.1, 0.15) is 5.75 Å². The molecule has 0 N–H and O–H groups in total. The van der Waals surface area contributed by atoms with E-state index < -0.39 is 5.97 Å². The summed E-state index contributed by atoms with van der Waals surface area (Å²) < 4.78 is 10.3. The lowest BCUT2D eigenvalue weighted by Gasteiger charge is -2.22. The number of likely N-dealkylation sites (N-methyl/N-ethyl adjacent to an activating group) is 1. The fraction of sp³-hybridized carbons (Fsp3) is 0.292. The number of hydrogen-bond donors (Lipinski definition) is 0. The van der Waals surface area contributed by atoms with E-state index in [2.05, 4.69) is 23.7 Å². The monoisotopic (exact) mass is 453 g/mol.